The summed E-state index contributed by atoms with van der Waals surface area (Å²) in [5.41, 5.74) is 2.59. The highest BCUT2D eigenvalue weighted by Gasteiger charge is 2.09. The third-order valence-corrected chi connectivity index (χ3v) is 4.69. The molecule has 2 aromatic carbocycles. The van der Waals surface area contributed by atoms with Gasteiger partial charge in [-0.15, -0.1) is 12.4 Å². The highest BCUT2D eigenvalue weighted by atomic mass is 35.5. The molecule has 0 aromatic heterocycles. The molecule has 4 heteroatoms. The number of halogens is 1. The van der Waals surface area contributed by atoms with E-state index in [1.165, 1.54) is 17.5 Å². The van der Waals surface area contributed by atoms with Gasteiger partial charge in [-0.25, -0.2) is 0 Å². The Morgan fingerprint density at radius 2 is 1.64 bits per heavy atom. The van der Waals surface area contributed by atoms with Crippen molar-refractivity contribution in [1.29, 1.82) is 0 Å². The molecule has 1 N–H and O–H groups in total. The van der Waals surface area contributed by atoms with Gasteiger partial charge in [0.25, 0.3) is 0 Å². The molecule has 0 saturated heterocycles. The van der Waals surface area contributed by atoms with Crippen molar-refractivity contribution >= 4 is 12.4 Å². The Hall–Kier alpha value is -1.55. The summed E-state index contributed by atoms with van der Waals surface area (Å²) in [5, 5.41) is 3.52. The zero-order valence-corrected chi connectivity index (χ0v) is 18.3. The van der Waals surface area contributed by atoms with E-state index in [4.69, 9.17) is 9.47 Å². The number of ether oxygens (including phenoxy) is 2. The van der Waals surface area contributed by atoms with E-state index in [0.29, 0.717) is 12.6 Å². The summed E-state index contributed by atoms with van der Waals surface area (Å²) >= 11 is 0. The summed E-state index contributed by atoms with van der Waals surface area (Å²) in [4.78, 5) is 0. The molecule has 2 rings (SSSR count). The fraction of sp³-hybridized carbons (Fsp3) is 0.500. The van der Waals surface area contributed by atoms with Gasteiger partial charge in [0, 0.05) is 19.2 Å². The van der Waals surface area contributed by atoms with Crippen LogP contribution in [0.4, 0.5) is 0 Å². The van der Waals surface area contributed by atoms with Crippen LogP contribution in [0.2, 0.25) is 0 Å². The standard InChI is InChI=1S/C24H35NO2.ClH/c1-4-6-17-27-24(5-2)22-12-14-23(15-13-22)26-18-16-25-20(3)19-21-10-8-7-9-11-21;/h7-15,20,24-25H,4-6,16-19H2,1-3H3;1H. The van der Waals surface area contributed by atoms with Crippen molar-refractivity contribution in [2.75, 3.05) is 19.8 Å². The number of hydrogen-bond acceptors (Lipinski definition) is 3. The summed E-state index contributed by atoms with van der Waals surface area (Å²) in [6.07, 6.45) is 4.50. The summed E-state index contributed by atoms with van der Waals surface area (Å²) in [5.74, 6) is 0.916. The van der Waals surface area contributed by atoms with E-state index in [0.717, 1.165) is 38.2 Å². The predicted molar refractivity (Wildman–Crippen MR) is 121 cm³/mol. The van der Waals surface area contributed by atoms with Crippen LogP contribution in [-0.4, -0.2) is 25.8 Å². The summed E-state index contributed by atoms with van der Waals surface area (Å²) in [6.45, 7) is 8.92. The SMILES string of the molecule is CCCCOC(CC)c1ccc(OCCNC(C)Cc2ccccc2)cc1.Cl. The largest absolute Gasteiger partial charge is 0.492 e. The molecule has 0 bridgehead atoms. The van der Waals surface area contributed by atoms with Crippen molar-refractivity contribution in [2.45, 2.75) is 58.6 Å². The Morgan fingerprint density at radius 1 is 0.929 bits per heavy atom. The molecule has 3 nitrogen and oxygen atoms in total. The molecular formula is C24H36ClNO2. The number of nitrogens with one attached hydrogen (secondary N) is 1. The molecule has 2 unspecified atom stereocenters. The molecule has 0 aliphatic carbocycles. The van der Waals surface area contributed by atoms with Gasteiger partial charge in [-0.1, -0.05) is 62.7 Å². The molecule has 0 saturated carbocycles. The Bertz CT molecular complexity index is 618. The maximum Gasteiger partial charge on any atom is 0.119 e. The molecule has 2 aromatic rings. The van der Waals surface area contributed by atoms with Crippen molar-refractivity contribution < 1.29 is 9.47 Å². The third-order valence-electron chi connectivity index (χ3n) is 4.69. The molecule has 0 spiro atoms. The lowest BCUT2D eigenvalue weighted by atomic mass is 10.1. The second kappa shape index (κ2) is 14.4. The summed E-state index contributed by atoms with van der Waals surface area (Å²) < 4.78 is 11.9. The molecule has 0 radical (unpaired) electrons. The molecule has 0 aliphatic heterocycles. The zero-order valence-electron chi connectivity index (χ0n) is 17.5. The van der Waals surface area contributed by atoms with E-state index in [1.807, 2.05) is 0 Å². The average molecular weight is 406 g/mol. The number of hydrogen-bond donors (Lipinski definition) is 1. The van der Waals surface area contributed by atoms with Gasteiger partial charge in [-0.3, -0.25) is 0 Å². The van der Waals surface area contributed by atoms with Crippen LogP contribution in [0.1, 0.15) is 57.3 Å². The molecule has 2 atom stereocenters. The van der Waals surface area contributed by atoms with Gasteiger partial charge >= 0.3 is 0 Å². The molecule has 28 heavy (non-hydrogen) atoms. The Morgan fingerprint density at radius 3 is 2.29 bits per heavy atom. The fourth-order valence-corrected chi connectivity index (χ4v) is 3.11. The van der Waals surface area contributed by atoms with E-state index in [1.54, 1.807) is 0 Å². The van der Waals surface area contributed by atoms with Crippen molar-refractivity contribution in [3.8, 4) is 5.75 Å². The number of unbranched alkanes of at least 4 members (excludes halogenated alkanes) is 1. The maximum absolute atomic E-state index is 5.98. The van der Waals surface area contributed by atoms with Gasteiger partial charge in [0.1, 0.15) is 12.4 Å². The van der Waals surface area contributed by atoms with Crippen LogP contribution in [0.25, 0.3) is 0 Å². The van der Waals surface area contributed by atoms with Crippen LogP contribution in [0.15, 0.2) is 54.6 Å². The number of rotatable bonds is 13. The molecule has 156 valence electrons. The van der Waals surface area contributed by atoms with Crippen molar-refractivity contribution in [2.24, 2.45) is 0 Å². The van der Waals surface area contributed by atoms with E-state index in [9.17, 15) is 0 Å². The zero-order chi connectivity index (χ0) is 19.3. The Balaban J connectivity index is 0.00000392. The smallest absolute Gasteiger partial charge is 0.119 e. The van der Waals surface area contributed by atoms with E-state index in [2.05, 4.69) is 80.7 Å². The highest BCUT2D eigenvalue weighted by molar-refractivity contribution is 5.85. The van der Waals surface area contributed by atoms with Crippen molar-refractivity contribution in [1.82, 2.24) is 5.32 Å². The minimum atomic E-state index is 0. The second-order valence-electron chi connectivity index (χ2n) is 7.08. The van der Waals surface area contributed by atoms with Crippen LogP contribution in [-0.2, 0) is 11.2 Å². The minimum absolute atomic E-state index is 0. The summed E-state index contributed by atoms with van der Waals surface area (Å²) in [6, 6.07) is 19.4. The van der Waals surface area contributed by atoms with Crippen LogP contribution >= 0.6 is 12.4 Å². The number of benzene rings is 2. The summed E-state index contributed by atoms with van der Waals surface area (Å²) in [7, 11) is 0. The molecule has 0 fully saturated rings. The third kappa shape index (κ3) is 9.09. The monoisotopic (exact) mass is 405 g/mol. The van der Waals surface area contributed by atoms with Crippen molar-refractivity contribution in [3.05, 3.63) is 65.7 Å². The average Bonchev–Trinajstić information content (AvgIpc) is 2.70. The fourth-order valence-electron chi connectivity index (χ4n) is 3.11. The van der Waals surface area contributed by atoms with Gasteiger partial charge in [-0.2, -0.15) is 0 Å². The maximum atomic E-state index is 5.98. The van der Waals surface area contributed by atoms with Crippen LogP contribution in [0.3, 0.4) is 0 Å². The van der Waals surface area contributed by atoms with Crippen molar-refractivity contribution in [3.63, 3.8) is 0 Å². The van der Waals surface area contributed by atoms with Gasteiger partial charge in [-0.05, 0) is 49.4 Å². The lowest BCUT2D eigenvalue weighted by molar-refractivity contribution is 0.0481. The van der Waals surface area contributed by atoms with Crippen LogP contribution < -0.4 is 10.1 Å². The van der Waals surface area contributed by atoms with E-state index >= 15 is 0 Å². The minimum Gasteiger partial charge on any atom is -0.492 e. The van der Waals surface area contributed by atoms with Crippen LogP contribution in [0, 0.1) is 0 Å². The van der Waals surface area contributed by atoms with E-state index < -0.39 is 0 Å². The Labute approximate surface area is 177 Å². The molecular weight excluding hydrogens is 370 g/mol. The molecule has 0 heterocycles. The Kier molecular flexibility index (Phi) is 12.6. The predicted octanol–water partition coefficient (Wildman–Crippen LogP) is 5.98. The first-order valence-corrected chi connectivity index (χ1v) is 10.3. The van der Waals surface area contributed by atoms with E-state index in [-0.39, 0.29) is 18.5 Å². The topological polar surface area (TPSA) is 30.5 Å². The first-order chi connectivity index (χ1) is 13.2. The van der Waals surface area contributed by atoms with Gasteiger partial charge in [0.2, 0.25) is 0 Å². The van der Waals surface area contributed by atoms with Gasteiger partial charge in [0.15, 0.2) is 0 Å². The second-order valence-corrected chi connectivity index (χ2v) is 7.08. The van der Waals surface area contributed by atoms with Gasteiger partial charge < -0.3 is 14.8 Å². The van der Waals surface area contributed by atoms with Gasteiger partial charge in [0.05, 0.1) is 6.10 Å². The first-order valence-electron chi connectivity index (χ1n) is 10.3. The lowest BCUT2D eigenvalue weighted by Crippen LogP contribution is -2.31. The quantitative estimate of drug-likeness (QED) is 0.416. The lowest BCUT2D eigenvalue weighted by Gasteiger charge is -2.17. The van der Waals surface area contributed by atoms with Crippen LogP contribution in [0.5, 0.6) is 5.75 Å². The molecule has 0 aliphatic rings. The molecule has 0 amide bonds. The highest BCUT2D eigenvalue weighted by Crippen LogP contribution is 2.23. The normalized spacial score (nSPS) is 12.8. The first kappa shape index (κ1) is 24.5.